The number of likely N-dealkylation sites (tertiary alicyclic amines) is 2. The van der Waals surface area contributed by atoms with Crippen LogP contribution in [0.15, 0.2) is 30.6 Å². The molecule has 7 rings (SSSR count). The number of fused-ring (bicyclic) bond motifs is 2. The lowest BCUT2D eigenvalue weighted by Crippen LogP contribution is -2.58. The maximum Gasteiger partial charge on any atom is 0.393 e. The molecule has 3 aliphatic rings. The lowest BCUT2D eigenvalue weighted by atomic mass is 9.73. The Hall–Kier alpha value is -3.14. The molecule has 0 bridgehead atoms. The average molecular weight is 699 g/mol. The van der Waals surface area contributed by atoms with E-state index in [-0.39, 0.29) is 19.4 Å². The van der Waals surface area contributed by atoms with Crippen LogP contribution in [-0.2, 0) is 24.1 Å². The van der Waals surface area contributed by atoms with Gasteiger partial charge in [-0.1, -0.05) is 6.07 Å². The van der Waals surface area contributed by atoms with Crippen LogP contribution in [0.25, 0.3) is 21.1 Å². The van der Waals surface area contributed by atoms with E-state index in [1.165, 1.54) is 30.3 Å². The summed E-state index contributed by atoms with van der Waals surface area (Å²) in [5.41, 5.74) is 4.91. The normalized spacial score (nSPS) is 18.9. The Balaban J connectivity index is 0.00000129. The molecule has 48 heavy (non-hydrogen) atoms. The lowest BCUT2D eigenvalue weighted by Gasteiger charge is -2.48. The lowest BCUT2D eigenvalue weighted by molar-refractivity contribution is -0.126. The highest BCUT2D eigenvalue weighted by atomic mass is 32.1. The third kappa shape index (κ3) is 7.84. The zero-order chi connectivity index (χ0) is 33.9. The molecule has 1 spiro atoms. The van der Waals surface area contributed by atoms with Crippen LogP contribution in [0.4, 0.5) is 19.0 Å². The standard InChI is InChI=1S/C33H39F3N8S.CH3OP/c1-22-23(2-3-29-27(22)14-25(17-37)44(29)13-12-42-10-6-32(7-11-42)19-38-20-32)18-43-8-4-24(5-9-43)41-30-28-15-26(16-33(34,35)36)45-31(28)40-21-39-30;1-3-2/h2-3,14-15,21,24,38H,4-13,16,18-20H2,1H3,(H,39,40,41);1H3. The van der Waals surface area contributed by atoms with Crippen molar-refractivity contribution in [3.8, 4) is 6.07 Å². The van der Waals surface area contributed by atoms with Crippen molar-refractivity contribution in [3.05, 3.63) is 52.3 Å². The maximum absolute atomic E-state index is 12.9. The number of alkyl halides is 3. The number of rotatable bonds is 8. The van der Waals surface area contributed by atoms with Crippen molar-refractivity contribution in [3.63, 3.8) is 0 Å². The highest BCUT2D eigenvalue weighted by Crippen LogP contribution is 2.36. The molecule has 2 N–H and O–H groups in total. The first-order chi connectivity index (χ1) is 23.1. The number of aryl methyl sites for hydroxylation is 1. The summed E-state index contributed by atoms with van der Waals surface area (Å²) in [6, 6.07) is 10.7. The number of aromatic nitrogens is 3. The van der Waals surface area contributed by atoms with Gasteiger partial charge in [0.05, 0.1) is 11.8 Å². The number of halogens is 3. The second kappa shape index (κ2) is 14.8. The molecule has 256 valence electrons. The van der Waals surface area contributed by atoms with Gasteiger partial charge in [0.25, 0.3) is 0 Å². The zero-order valence-corrected chi connectivity index (χ0v) is 29.2. The van der Waals surface area contributed by atoms with E-state index in [1.54, 1.807) is 12.7 Å². The molecular formula is C34H42F3N8OPS. The summed E-state index contributed by atoms with van der Waals surface area (Å²) in [6.45, 7) is 12.8. The number of anilines is 1. The Morgan fingerprint density at radius 1 is 1.08 bits per heavy atom. The van der Waals surface area contributed by atoms with E-state index in [0.29, 0.717) is 21.4 Å². The van der Waals surface area contributed by atoms with Gasteiger partial charge in [0, 0.05) is 74.3 Å². The van der Waals surface area contributed by atoms with Crippen molar-refractivity contribution in [1.29, 1.82) is 5.26 Å². The Labute approximate surface area is 284 Å². The van der Waals surface area contributed by atoms with Crippen molar-refractivity contribution in [1.82, 2.24) is 29.7 Å². The van der Waals surface area contributed by atoms with E-state index in [0.717, 1.165) is 99.7 Å². The van der Waals surface area contributed by atoms with Crippen LogP contribution in [0.1, 0.15) is 47.4 Å². The predicted molar refractivity (Wildman–Crippen MR) is 185 cm³/mol. The first kappa shape index (κ1) is 34.7. The van der Waals surface area contributed by atoms with Crippen LogP contribution in [0.2, 0.25) is 0 Å². The van der Waals surface area contributed by atoms with Gasteiger partial charge < -0.3 is 20.1 Å². The summed E-state index contributed by atoms with van der Waals surface area (Å²) in [6.07, 6.45) is 0.580. The quantitative estimate of drug-likeness (QED) is 0.199. The summed E-state index contributed by atoms with van der Waals surface area (Å²) in [4.78, 5) is 14.4. The Kier molecular flexibility index (Phi) is 10.7. The van der Waals surface area contributed by atoms with E-state index in [2.05, 4.69) is 66.2 Å². The molecule has 1 aromatic carbocycles. The molecule has 6 heterocycles. The highest BCUT2D eigenvalue weighted by molar-refractivity contribution is 7.22. The summed E-state index contributed by atoms with van der Waals surface area (Å²) in [5.74, 6) is 0.613. The van der Waals surface area contributed by atoms with Crippen LogP contribution >= 0.6 is 19.8 Å². The zero-order valence-electron chi connectivity index (χ0n) is 27.4. The summed E-state index contributed by atoms with van der Waals surface area (Å²) in [7, 11) is 0.167. The number of nitriles is 1. The molecule has 0 amide bonds. The van der Waals surface area contributed by atoms with Crippen LogP contribution in [0.5, 0.6) is 0 Å². The van der Waals surface area contributed by atoms with Gasteiger partial charge in [-0.05, 0) is 80.4 Å². The molecule has 9 nitrogen and oxygen atoms in total. The van der Waals surface area contributed by atoms with E-state index in [9.17, 15) is 18.4 Å². The minimum absolute atomic E-state index is 0.167. The second-order valence-corrected chi connectivity index (χ2v) is 14.8. The molecule has 3 fully saturated rings. The molecule has 0 radical (unpaired) electrons. The van der Waals surface area contributed by atoms with Crippen molar-refractivity contribution < 1.29 is 17.7 Å². The first-order valence-corrected chi connectivity index (χ1v) is 18.6. The summed E-state index contributed by atoms with van der Waals surface area (Å²) >= 11 is 1.08. The molecule has 3 saturated heterocycles. The van der Waals surface area contributed by atoms with Crippen LogP contribution < -0.4 is 10.6 Å². The van der Waals surface area contributed by atoms with Crippen molar-refractivity contribution in [2.75, 3.05) is 57.8 Å². The Morgan fingerprint density at radius 2 is 1.81 bits per heavy atom. The highest BCUT2D eigenvalue weighted by Gasteiger charge is 2.39. The largest absolute Gasteiger partial charge is 0.393 e. The molecule has 14 heteroatoms. The fraction of sp³-hybridized carbons (Fsp3) is 0.559. The van der Waals surface area contributed by atoms with Crippen LogP contribution in [0, 0.1) is 23.7 Å². The molecular weight excluding hydrogens is 656 g/mol. The van der Waals surface area contributed by atoms with Crippen molar-refractivity contribution >= 4 is 46.7 Å². The van der Waals surface area contributed by atoms with E-state index < -0.39 is 12.6 Å². The van der Waals surface area contributed by atoms with Gasteiger partial charge >= 0.3 is 6.18 Å². The van der Waals surface area contributed by atoms with Gasteiger partial charge in [0.15, 0.2) is 8.46 Å². The molecule has 0 unspecified atom stereocenters. The molecule has 4 aromatic rings. The summed E-state index contributed by atoms with van der Waals surface area (Å²) in [5, 5.41) is 18.7. The van der Waals surface area contributed by atoms with Gasteiger partial charge in [0.1, 0.15) is 28.7 Å². The second-order valence-electron chi connectivity index (χ2n) is 13.3. The van der Waals surface area contributed by atoms with Gasteiger partial charge in [-0.25, -0.2) is 9.97 Å². The van der Waals surface area contributed by atoms with E-state index >= 15 is 0 Å². The number of hydrogen-bond donors (Lipinski definition) is 2. The Bertz CT molecular complexity index is 1780. The fourth-order valence-corrected chi connectivity index (χ4v) is 8.35. The third-order valence-corrected chi connectivity index (χ3v) is 11.3. The first-order valence-electron chi connectivity index (χ1n) is 16.6. The number of hydrogen-bond acceptors (Lipinski definition) is 9. The monoisotopic (exact) mass is 698 g/mol. The van der Waals surface area contributed by atoms with Gasteiger partial charge in [-0.2, -0.15) is 18.4 Å². The van der Waals surface area contributed by atoms with Gasteiger partial charge in [-0.15, -0.1) is 11.3 Å². The van der Waals surface area contributed by atoms with E-state index in [1.807, 2.05) is 0 Å². The molecule has 3 aromatic heterocycles. The van der Waals surface area contributed by atoms with Crippen molar-refractivity contribution in [2.45, 2.75) is 64.3 Å². The number of thiophene rings is 1. The molecule has 0 saturated carbocycles. The molecule has 0 atom stereocenters. The number of nitrogens with one attached hydrogen (secondary N) is 2. The number of nitrogens with zero attached hydrogens (tertiary/aromatic N) is 6. The third-order valence-electron chi connectivity index (χ3n) is 10.2. The minimum Gasteiger partial charge on any atom is -0.367 e. The molecule has 0 aliphatic carbocycles. The topological polar surface area (TPSA) is 102 Å². The minimum atomic E-state index is -4.25. The molecule has 3 aliphatic heterocycles. The fourth-order valence-electron chi connectivity index (χ4n) is 7.33. The van der Waals surface area contributed by atoms with Crippen molar-refractivity contribution in [2.24, 2.45) is 5.41 Å². The smallest absolute Gasteiger partial charge is 0.367 e. The van der Waals surface area contributed by atoms with Gasteiger partial charge in [0.2, 0.25) is 0 Å². The average Bonchev–Trinajstić information content (AvgIpc) is 3.62. The SMILES string of the molecule is CP=O.Cc1c(CN2CCC(Nc3ncnc4sc(CC(F)(F)F)cc34)CC2)ccc2c1cc(C#N)n2CCN1CCC2(CC1)CNC2. The van der Waals surface area contributed by atoms with Crippen LogP contribution in [-0.4, -0.2) is 89.0 Å². The Morgan fingerprint density at radius 3 is 2.46 bits per heavy atom. The van der Waals surface area contributed by atoms with Crippen LogP contribution in [0.3, 0.4) is 0 Å². The summed E-state index contributed by atoms with van der Waals surface area (Å²) < 4.78 is 49.9. The van der Waals surface area contributed by atoms with Gasteiger partial charge in [-0.3, -0.25) is 9.46 Å². The number of benzene rings is 1. The maximum atomic E-state index is 12.9. The predicted octanol–water partition coefficient (Wildman–Crippen LogP) is 6.60. The van der Waals surface area contributed by atoms with E-state index in [4.69, 9.17) is 4.57 Å². The number of piperidine rings is 2.